The van der Waals surface area contributed by atoms with Gasteiger partial charge in [0.2, 0.25) is 11.8 Å². The number of rotatable bonds is 6. The third-order valence-electron chi connectivity index (χ3n) is 4.77. The fraction of sp³-hybridized carbons (Fsp3) is 0.227. The highest BCUT2D eigenvalue weighted by Gasteiger charge is 2.35. The van der Waals surface area contributed by atoms with Gasteiger partial charge in [-0.3, -0.25) is 9.59 Å². The zero-order valence-corrected chi connectivity index (χ0v) is 16.0. The quantitative estimate of drug-likeness (QED) is 0.695. The number of nitrogens with zero attached hydrogens (tertiary/aromatic N) is 2. The predicted octanol–water partition coefficient (Wildman–Crippen LogP) is 3.55. The number of hydrogen-bond donors (Lipinski definition) is 1. The van der Waals surface area contributed by atoms with Crippen molar-refractivity contribution in [2.45, 2.75) is 20.0 Å². The van der Waals surface area contributed by atoms with Gasteiger partial charge < -0.3 is 19.5 Å². The Labute approximate surface area is 168 Å². The van der Waals surface area contributed by atoms with E-state index in [1.807, 2.05) is 54.6 Å². The molecule has 1 fully saturated rings. The molecule has 1 aliphatic rings. The number of aromatic nitrogens is 1. The maximum Gasteiger partial charge on any atom is 0.231 e. The van der Waals surface area contributed by atoms with Gasteiger partial charge in [0.1, 0.15) is 18.1 Å². The van der Waals surface area contributed by atoms with Crippen molar-refractivity contribution in [2.24, 2.45) is 5.92 Å². The van der Waals surface area contributed by atoms with E-state index in [2.05, 4.69) is 10.5 Å². The maximum atomic E-state index is 12.4. The summed E-state index contributed by atoms with van der Waals surface area (Å²) in [6, 6.07) is 18.9. The minimum atomic E-state index is -0.437. The number of benzene rings is 2. The molecule has 1 aliphatic heterocycles. The van der Waals surface area contributed by atoms with Crippen molar-refractivity contribution in [3.8, 4) is 5.75 Å². The van der Waals surface area contributed by atoms with Gasteiger partial charge in [-0.25, -0.2) is 0 Å². The molecule has 1 saturated heterocycles. The zero-order chi connectivity index (χ0) is 20.2. The number of hydrogen-bond acceptors (Lipinski definition) is 5. The van der Waals surface area contributed by atoms with Gasteiger partial charge in [0.05, 0.1) is 5.92 Å². The lowest BCUT2D eigenvalue weighted by Gasteiger charge is -2.17. The number of carbonyl (C=O) groups excluding carboxylic acids is 2. The van der Waals surface area contributed by atoms with Crippen molar-refractivity contribution in [3.05, 3.63) is 72.0 Å². The zero-order valence-electron chi connectivity index (χ0n) is 16.0. The standard InChI is InChI=1S/C22H21N3O4/c1-15-11-20(24-29-15)23-22(27)17-12-21(26)25(13-17)18-7-9-19(10-8-18)28-14-16-5-3-2-4-6-16/h2-11,17H,12-14H2,1H3,(H,23,24,27). The molecular formula is C22H21N3O4. The highest BCUT2D eigenvalue weighted by molar-refractivity contribution is 6.03. The first kappa shape index (κ1) is 18.7. The number of aryl methyl sites for hydroxylation is 1. The first-order valence-electron chi connectivity index (χ1n) is 9.40. The summed E-state index contributed by atoms with van der Waals surface area (Å²) in [6.07, 6.45) is 0.162. The van der Waals surface area contributed by atoms with Crippen molar-refractivity contribution in [3.63, 3.8) is 0 Å². The number of anilines is 2. The summed E-state index contributed by atoms with van der Waals surface area (Å²) < 4.78 is 10.7. The van der Waals surface area contributed by atoms with Crippen LogP contribution in [-0.2, 0) is 16.2 Å². The molecule has 0 spiro atoms. The normalized spacial score (nSPS) is 16.1. The molecular weight excluding hydrogens is 370 g/mol. The largest absolute Gasteiger partial charge is 0.489 e. The topological polar surface area (TPSA) is 84.7 Å². The van der Waals surface area contributed by atoms with E-state index < -0.39 is 5.92 Å². The predicted molar refractivity (Wildman–Crippen MR) is 108 cm³/mol. The average molecular weight is 391 g/mol. The lowest BCUT2D eigenvalue weighted by molar-refractivity contribution is -0.122. The molecule has 2 amide bonds. The van der Waals surface area contributed by atoms with Gasteiger partial charge in [0, 0.05) is 24.7 Å². The van der Waals surface area contributed by atoms with Gasteiger partial charge in [-0.2, -0.15) is 0 Å². The first-order valence-corrected chi connectivity index (χ1v) is 9.40. The van der Waals surface area contributed by atoms with Crippen molar-refractivity contribution in [1.82, 2.24) is 5.16 Å². The van der Waals surface area contributed by atoms with Crippen LogP contribution in [0.4, 0.5) is 11.5 Å². The van der Waals surface area contributed by atoms with E-state index >= 15 is 0 Å². The molecule has 0 bridgehead atoms. The van der Waals surface area contributed by atoms with Crippen LogP contribution in [0.2, 0.25) is 0 Å². The van der Waals surface area contributed by atoms with Gasteiger partial charge in [0.15, 0.2) is 5.82 Å². The van der Waals surface area contributed by atoms with Crippen LogP contribution in [0.3, 0.4) is 0 Å². The summed E-state index contributed by atoms with van der Waals surface area (Å²) in [4.78, 5) is 26.5. The molecule has 3 aromatic rings. The van der Waals surface area contributed by atoms with E-state index in [9.17, 15) is 9.59 Å². The second-order valence-electron chi connectivity index (χ2n) is 6.99. The third kappa shape index (κ3) is 4.45. The summed E-state index contributed by atoms with van der Waals surface area (Å²) in [5.74, 6) is 0.933. The van der Waals surface area contributed by atoms with Crippen LogP contribution in [0.25, 0.3) is 0 Å². The number of ether oxygens (including phenoxy) is 1. The van der Waals surface area contributed by atoms with Crippen LogP contribution < -0.4 is 15.0 Å². The Balaban J connectivity index is 1.35. The monoisotopic (exact) mass is 391 g/mol. The van der Waals surface area contributed by atoms with Gasteiger partial charge in [0.25, 0.3) is 0 Å². The lowest BCUT2D eigenvalue weighted by atomic mass is 10.1. The van der Waals surface area contributed by atoms with E-state index in [0.717, 1.165) is 17.0 Å². The smallest absolute Gasteiger partial charge is 0.231 e. The Morgan fingerprint density at radius 3 is 2.66 bits per heavy atom. The summed E-state index contributed by atoms with van der Waals surface area (Å²) >= 11 is 0. The lowest BCUT2D eigenvalue weighted by Crippen LogP contribution is -2.28. The first-order chi connectivity index (χ1) is 14.1. The van der Waals surface area contributed by atoms with Crippen molar-refractivity contribution in [2.75, 3.05) is 16.8 Å². The van der Waals surface area contributed by atoms with Crippen LogP contribution in [-0.4, -0.2) is 23.5 Å². The van der Waals surface area contributed by atoms with Gasteiger partial charge in [-0.15, -0.1) is 0 Å². The molecule has 148 valence electrons. The Morgan fingerprint density at radius 1 is 1.21 bits per heavy atom. The summed E-state index contributed by atoms with van der Waals surface area (Å²) in [5, 5.41) is 6.45. The Morgan fingerprint density at radius 2 is 1.97 bits per heavy atom. The van der Waals surface area contributed by atoms with Gasteiger partial charge in [-0.05, 0) is 36.8 Å². The van der Waals surface area contributed by atoms with Crippen LogP contribution in [0.1, 0.15) is 17.7 Å². The Bertz CT molecular complexity index is 998. The van der Waals surface area contributed by atoms with E-state index in [0.29, 0.717) is 24.7 Å². The molecule has 7 nitrogen and oxygen atoms in total. The number of amides is 2. The van der Waals surface area contributed by atoms with Crippen LogP contribution >= 0.6 is 0 Å². The molecule has 1 N–H and O–H groups in total. The summed E-state index contributed by atoms with van der Waals surface area (Å²) in [6.45, 7) is 2.55. The minimum absolute atomic E-state index is 0.0839. The second kappa shape index (κ2) is 8.18. The summed E-state index contributed by atoms with van der Waals surface area (Å²) in [7, 11) is 0. The van der Waals surface area contributed by atoms with Crippen molar-refractivity contribution >= 4 is 23.3 Å². The molecule has 7 heteroatoms. The molecule has 0 saturated carbocycles. The van der Waals surface area contributed by atoms with E-state index in [1.165, 1.54) is 0 Å². The molecule has 2 aromatic carbocycles. The minimum Gasteiger partial charge on any atom is -0.489 e. The summed E-state index contributed by atoms with van der Waals surface area (Å²) in [5.41, 5.74) is 1.83. The van der Waals surface area contributed by atoms with Crippen LogP contribution in [0, 0.1) is 12.8 Å². The van der Waals surface area contributed by atoms with Gasteiger partial charge >= 0.3 is 0 Å². The number of carbonyl (C=O) groups is 2. The highest BCUT2D eigenvalue weighted by Crippen LogP contribution is 2.28. The Hall–Kier alpha value is -3.61. The average Bonchev–Trinajstić information content (AvgIpc) is 3.33. The molecule has 1 aromatic heterocycles. The van der Waals surface area contributed by atoms with E-state index in [4.69, 9.17) is 9.26 Å². The van der Waals surface area contributed by atoms with E-state index in [-0.39, 0.29) is 18.2 Å². The molecule has 1 atom stereocenters. The number of nitrogens with one attached hydrogen (secondary N) is 1. The molecule has 0 radical (unpaired) electrons. The van der Waals surface area contributed by atoms with Crippen molar-refractivity contribution < 1.29 is 18.8 Å². The Kier molecular flexibility index (Phi) is 5.29. The van der Waals surface area contributed by atoms with Crippen LogP contribution in [0.15, 0.2) is 65.2 Å². The van der Waals surface area contributed by atoms with E-state index in [1.54, 1.807) is 17.9 Å². The maximum absolute atomic E-state index is 12.4. The second-order valence-corrected chi connectivity index (χ2v) is 6.99. The third-order valence-corrected chi connectivity index (χ3v) is 4.77. The fourth-order valence-electron chi connectivity index (χ4n) is 3.25. The molecule has 29 heavy (non-hydrogen) atoms. The van der Waals surface area contributed by atoms with Crippen molar-refractivity contribution in [1.29, 1.82) is 0 Å². The molecule has 4 rings (SSSR count). The molecule has 0 aliphatic carbocycles. The highest BCUT2D eigenvalue weighted by atomic mass is 16.5. The fourth-order valence-corrected chi connectivity index (χ4v) is 3.25. The molecule has 2 heterocycles. The molecule has 1 unspecified atom stereocenters. The SMILES string of the molecule is Cc1cc(NC(=O)C2CC(=O)N(c3ccc(OCc4ccccc4)cc3)C2)no1. The van der Waals surface area contributed by atoms with Gasteiger partial charge in [-0.1, -0.05) is 35.5 Å². The van der Waals surface area contributed by atoms with Crippen LogP contribution in [0.5, 0.6) is 5.75 Å².